The van der Waals surface area contributed by atoms with Gasteiger partial charge < -0.3 is 14.8 Å². The lowest BCUT2D eigenvalue weighted by Gasteiger charge is -2.15. The van der Waals surface area contributed by atoms with Crippen molar-refractivity contribution in [1.82, 2.24) is 15.1 Å². The van der Waals surface area contributed by atoms with Crippen LogP contribution in [0.5, 0.6) is 5.75 Å². The number of halogens is 3. The lowest BCUT2D eigenvalue weighted by atomic mass is 10.2. The zero-order valence-electron chi connectivity index (χ0n) is 13.2. The maximum Gasteiger partial charge on any atom is 0.573 e. The van der Waals surface area contributed by atoms with Crippen molar-refractivity contribution in [1.29, 1.82) is 0 Å². The topological polar surface area (TPSA) is 65.4 Å². The molecule has 1 aromatic carbocycles. The van der Waals surface area contributed by atoms with E-state index in [9.17, 15) is 18.0 Å². The number of benzene rings is 1. The van der Waals surface area contributed by atoms with Crippen LogP contribution < -0.4 is 10.1 Å². The summed E-state index contributed by atoms with van der Waals surface area (Å²) in [5.74, 6) is -0.739. The zero-order valence-corrected chi connectivity index (χ0v) is 13.2. The van der Waals surface area contributed by atoms with Gasteiger partial charge in [-0.2, -0.15) is 5.10 Å². The van der Waals surface area contributed by atoms with Gasteiger partial charge in [0.05, 0.1) is 26.0 Å². The lowest BCUT2D eigenvalue weighted by Crippen LogP contribution is -2.28. The standard InChI is InChI=1S/C16H16F3N3O3/c17-16(18,19)25-13-3-1-11(2-4-13)15(23)20-6-7-22-14-5-8-24-10-12(14)9-21-22/h1-4,9H,5-8,10H2,(H,20,23). The van der Waals surface area contributed by atoms with E-state index in [0.717, 1.165) is 29.8 Å². The highest BCUT2D eigenvalue weighted by Crippen LogP contribution is 2.22. The third-order valence-corrected chi connectivity index (χ3v) is 3.74. The summed E-state index contributed by atoms with van der Waals surface area (Å²) in [6, 6.07) is 4.77. The SMILES string of the molecule is O=C(NCCn1ncc2c1CCOC2)c1ccc(OC(F)(F)F)cc1. The van der Waals surface area contributed by atoms with Gasteiger partial charge in [0, 0.05) is 29.8 Å². The van der Waals surface area contributed by atoms with Gasteiger partial charge in [-0.1, -0.05) is 0 Å². The van der Waals surface area contributed by atoms with Crippen LogP contribution in [0.3, 0.4) is 0 Å². The fourth-order valence-corrected chi connectivity index (χ4v) is 2.59. The zero-order chi connectivity index (χ0) is 17.9. The van der Waals surface area contributed by atoms with Gasteiger partial charge in [-0.15, -0.1) is 13.2 Å². The van der Waals surface area contributed by atoms with Crippen LogP contribution in [0.1, 0.15) is 21.6 Å². The summed E-state index contributed by atoms with van der Waals surface area (Å²) < 4.78 is 47.3. The van der Waals surface area contributed by atoms with Crippen LogP contribution in [-0.4, -0.2) is 35.2 Å². The minimum atomic E-state index is -4.75. The quantitative estimate of drug-likeness (QED) is 0.894. The van der Waals surface area contributed by atoms with E-state index in [2.05, 4.69) is 15.2 Å². The molecule has 0 spiro atoms. The summed E-state index contributed by atoms with van der Waals surface area (Å²) in [7, 11) is 0. The molecule has 0 aliphatic carbocycles. The highest BCUT2D eigenvalue weighted by Gasteiger charge is 2.31. The van der Waals surface area contributed by atoms with Gasteiger partial charge in [-0.05, 0) is 24.3 Å². The van der Waals surface area contributed by atoms with Gasteiger partial charge in [-0.25, -0.2) is 0 Å². The first-order chi connectivity index (χ1) is 11.9. The second-order valence-electron chi connectivity index (χ2n) is 5.47. The van der Waals surface area contributed by atoms with Crippen molar-refractivity contribution >= 4 is 5.91 Å². The molecule has 134 valence electrons. The summed E-state index contributed by atoms with van der Waals surface area (Å²) in [4.78, 5) is 12.0. The summed E-state index contributed by atoms with van der Waals surface area (Å²) >= 11 is 0. The highest BCUT2D eigenvalue weighted by atomic mass is 19.4. The van der Waals surface area contributed by atoms with Crippen molar-refractivity contribution in [2.24, 2.45) is 0 Å². The number of alkyl halides is 3. The minimum absolute atomic E-state index is 0.255. The third kappa shape index (κ3) is 4.50. The van der Waals surface area contributed by atoms with E-state index in [4.69, 9.17) is 4.74 Å². The number of nitrogens with one attached hydrogen (secondary N) is 1. The van der Waals surface area contributed by atoms with Crippen molar-refractivity contribution in [3.8, 4) is 5.75 Å². The smallest absolute Gasteiger partial charge is 0.406 e. The number of hydrogen-bond acceptors (Lipinski definition) is 4. The second-order valence-corrected chi connectivity index (χ2v) is 5.47. The van der Waals surface area contributed by atoms with Crippen molar-refractivity contribution in [2.45, 2.75) is 25.9 Å². The van der Waals surface area contributed by atoms with E-state index >= 15 is 0 Å². The second kappa shape index (κ2) is 7.14. The van der Waals surface area contributed by atoms with Gasteiger partial charge in [0.2, 0.25) is 0 Å². The molecule has 6 nitrogen and oxygen atoms in total. The molecule has 2 heterocycles. The summed E-state index contributed by atoms with van der Waals surface area (Å²) in [5.41, 5.74) is 2.41. The fourth-order valence-electron chi connectivity index (χ4n) is 2.59. The first kappa shape index (κ1) is 17.3. The molecule has 0 bridgehead atoms. The summed E-state index contributed by atoms with van der Waals surface area (Å²) in [6.07, 6.45) is -2.21. The molecule has 1 aromatic heterocycles. The summed E-state index contributed by atoms with van der Waals surface area (Å²) in [6.45, 7) is 2.07. The number of aromatic nitrogens is 2. The molecule has 9 heteroatoms. The Hall–Kier alpha value is -2.55. The Morgan fingerprint density at radius 3 is 2.80 bits per heavy atom. The summed E-state index contributed by atoms with van der Waals surface area (Å²) in [5, 5.41) is 6.99. The van der Waals surface area contributed by atoms with Gasteiger partial charge in [-0.3, -0.25) is 9.48 Å². The van der Waals surface area contributed by atoms with E-state index in [-0.39, 0.29) is 17.2 Å². The van der Waals surface area contributed by atoms with Crippen LogP contribution in [0.15, 0.2) is 30.5 Å². The molecule has 0 radical (unpaired) electrons. The number of rotatable bonds is 5. The van der Waals surface area contributed by atoms with Crippen molar-refractivity contribution in [3.05, 3.63) is 47.3 Å². The Bertz CT molecular complexity index is 741. The van der Waals surface area contributed by atoms with Gasteiger partial charge in [0.1, 0.15) is 5.75 Å². The van der Waals surface area contributed by atoms with Gasteiger partial charge >= 0.3 is 6.36 Å². The van der Waals surface area contributed by atoms with Crippen LogP contribution in [0.2, 0.25) is 0 Å². The van der Waals surface area contributed by atoms with Gasteiger partial charge in [0.15, 0.2) is 0 Å². The number of ether oxygens (including phenoxy) is 2. The molecule has 1 amide bonds. The maximum atomic E-state index is 12.1. The van der Waals surface area contributed by atoms with Crippen molar-refractivity contribution in [2.75, 3.05) is 13.2 Å². The van der Waals surface area contributed by atoms with E-state index in [1.807, 2.05) is 4.68 Å². The molecule has 1 aliphatic rings. The molecule has 2 aromatic rings. The molecule has 0 unspecified atom stereocenters. The fraction of sp³-hybridized carbons (Fsp3) is 0.375. The normalized spacial score (nSPS) is 14.0. The predicted molar refractivity (Wildman–Crippen MR) is 81.0 cm³/mol. The van der Waals surface area contributed by atoms with Crippen molar-refractivity contribution < 1.29 is 27.4 Å². The Morgan fingerprint density at radius 2 is 2.08 bits per heavy atom. The van der Waals surface area contributed by atoms with E-state index < -0.39 is 6.36 Å². The van der Waals surface area contributed by atoms with Crippen LogP contribution in [0.4, 0.5) is 13.2 Å². The van der Waals surface area contributed by atoms with E-state index in [0.29, 0.717) is 26.3 Å². The predicted octanol–water partition coefficient (Wildman–Crippen LogP) is 2.28. The number of fused-ring (bicyclic) bond motifs is 1. The monoisotopic (exact) mass is 355 g/mol. The molecular formula is C16H16F3N3O3. The van der Waals surface area contributed by atoms with Crippen LogP contribution in [-0.2, 0) is 24.3 Å². The number of carbonyl (C=O) groups excluding carboxylic acids is 1. The lowest BCUT2D eigenvalue weighted by molar-refractivity contribution is -0.274. The molecule has 0 saturated heterocycles. The largest absolute Gasteiger partial charge is 0.573 e. The number of carbonyl (C=O) groups is 1. The Balaban J connectivity index is 1.52. The maximum absolute atomic E-state index is 12.1. The van der Waals surface area contributed by atoms with E-state index in [1.54, 1.807) is 6.20 Å². The van der Waals surface area contributed by atoms with Crippen LogP contribution >= 0.6 is 0 Å². The first-order valence-electron chi connectivity index (χ1n) is 7.68. The highest BCUT2D eigenvalue weighted by molar-refractivity contribution is 5.94. The van der Waals surface area contributed by atoms with E-state index in [1.165, 1.54) is 12.1 Å². The minimum Gasteiger partial charge on any atom is -0.406 e. The average Bonchev–Trinajstić information content (AvgIpc) is 2.97. The Labute approximate surface area is 141 Å². The van der Waals surface area contributed by atoms with Crippen LogP contribution in [0.25, 0.3) is 0 Å². The molecular weight excluding hydrogens is 339 g/mol. The number of amides is 1. The molecule has 25 heavy (non-hydrogen) atoms. The van der Waals surface area contributed by atoms with Crippen LogP contribution in [0, 0.1) is 0 Å². The Kier molecular flexibility index (Phi) is 4.93. The molecule has 1 aliphatic heterocycles. The number of hydrogen-bond donors (Lipinski definition) is 1. The molecule has 1 N–H and O–H groups in total. The third-order valence-electron chi connectivity index (χ3n) is 3.74. The number of nitrogens with zero attached hydrogens (tertiary/aromatic N) is 2. The molecule has 0 fully saturated rings. The average molecular weight is 355 g/mol. The molecule has 0 saturated carbocycles. The van der Waals surface area contributed by atoms with Crippen molar-refractivity contribution in [3.63, 3.8) is 0 Å². The molecule has 3 rings (SSSR count). The first-order valence-corrected chi connectivity index (χ1v) is 7.68. The Morgan fingerprint density at radius 1 is 1.32 bits per heavy atom. The van der Waals surface area contributed by atoms with Gasteiger partial charge in [0.25, 0.3) is 5.91 Å². The molecule has 0 atom stereocenters.